The maximum absolute atomic E-state index is 14.7. The van der Waals surface area contributed by atoms with E-state index in [2.05, 4.69) is 11.7 Å². The van der Waals surface area contributed by atoms with Crippen molar-refractivity contribution in [1.82, 2.24) is 0 Å². The molecule has 1 heterocycles. The lowest BCUT2D eigenvalue weighted by Gasteiger charge is -2.27. The van der Waals surface area contributed by atoms with Crippen molar-refractivity contribution in [1.29, 1.82) is 0 Å². The van der Waals surface area contributed by atoms with Crippen molar-refractivity contribution in [2.24, 2.45) is 5.92 Å². The van der Waals surface area contributed by atoms with E-state index in [4.69, 9.17) is 0 Å². The van der Waals surface area contributed by atoms with Crippen molar-refractivity contribution in [2.75, 3.05) is 0 Å². The Hall–Kier alpha value is -1.96. The molecule has 33 heavy (non-hydrogen) atoms. The zero-order chi connectivity index (χ0) is 24.0. The Kier molecular flexibility index (Phi) is 8.90. The van der Waals surface area contributed by atoms with E-state index in [0.717, 1.165) is 12.5 Å². The first kappa shape index (κ1) is 25.7. The molecule has 0 aromatic heterocycles. The van der Waals surface area contributed by atoms with Gasteiger partial charge in [-0.2, -0.15) is 0 Å². The van der Waals surface area contributed by atoms with Gasteiger partial charge in [0.25, 0.3) is 0 Å². The van der Waals surface area contributed by atoms with Crippen LogP contribution in [-0.2, 0) is 6.42 Å². The summed E-state index contributed by atoms with van der Waals surface area (Å²) in [5.41, 5.74) is -0.118. The minimum absolute atomic E-state index is 0.186. The van der Waals surface area contributed by atoms with Crippen molar-refractivity contribution in [3.8, 4) is 16.9 Å². The molecule has 1 nitrogen and oxygen atoms in total. The molecule has 0 N–H and O–H groups in total. The van der Waals surface area contributed by atoms with Gasteiger partial charge in [-0.3, -0.25) is 0 Å². The van der Waals surface area contributed by atoms with Crippen LogP contribution < -0.4 is 4.74 Å². The third-order valence-electron chi connectivity index (χ3n) is 6.34. The van der Waals surface area contributed by atoms with Gasteiger partial charge in [0.05, 0.1) is 5.56 Å². The predicted molar refractivity (Wildman–Crippen MR) is 119 cm³/mol. The van der Waals surface area contributed by atoms with Gasteiger partial charge < -0.3 is 4.74 Å². The number of ether oxygens (including phenoxy) is 1. The summed E-state index contributed by atoms with van der Waals surface area (Å²) in [7, 11) is -0.223. The maximum Gasteiger partial charge on any atom is 0.573 e. The van der Waals surface area contributed by atoms with Gasteiger partial charge in [0.2, 0.25) is 0 Å². The lowest BCUT2D eigenvalue weighted by Crippen LogP contribution is -2.21. The minimum atomic E-state index is -5.06. The Bertz CT molecular complexity index is 899. The summed E-state index contributed by atoms with van der Waals surface area (Å²) in [5, 5.41) is 0. The number of aryl methyl sites for hydroxylation is 1. The van der Waals surface area contributed by atoms with E-state index in [1.807, 2.05) is 0 Å². The molecule has 0 amide bonds. The molecule has 2 aromatic rings. The van der Waals surface area contributed by atoms with Crippen molar-refractivity contribution >= 4 is 8.80 Å². The van der Waals surface area contributed by atoms with Gasteiger partial charge in [-0.1, -0.05) is 63.2 Å². The second kappa shape index (κ2) is 11.4. The van der Waals surface area contributed by atoms with Gasteiger partial charge in [-0.25, -0.2) is 13.2 Å². The van der Waals surface area contributed by atoms with Gasteiger partial charge in [0, 0.05) is 8.80 Å². The predicted octanol–water partition coefficient (Wildman–Crippen LogP) is 8.70. The molecule has 0 saturated carbocycles. The number of rotatable bonds is 9. The molecule has 181 valence electrons. The first-order valence-electron chi connectivity index (χ1n) is 11.5. The van der Waals surface area contributed by atoms with Crippen molar-refractivity contribution in [3.63, 3.8) is 0 Å². The second-order valence-electron chi connectivity index (χ2n) is 8.82. The highest BCUT2D eigenvalue weighted by Gasteiger charge is 2.32. The first-order valence-corrected chi connectivity index (χ1v) is 13.7. The van der Waals surface area contributed by atoms with Crippen molar-refractivity contribution < 1.29 is 31.1 Å². The molecule has 1 saturated heterocycles. The molecule has 1 aliphatic heterocycles. The quantitative estimate of drug-likeness (QED) is 0.195. The monoisotopic (exact) mass is 487 g/mol. The summed E-state index contributed by atoms with van der Waals surface area (Å²) < 4.78 is 83.8. The Morgan fingerprint density at radius 1 is 0.939 bits per heavy atom. The molecule has 0 spiro atoms. The van der Waals surface area contributed by atoms with Crippen molar-refractivity contribution in [2.45, 2.75) is 76.4 Å². The number of unbranched alkanes of at least 4 members (excludes halogenated alkanes) is 2. The summed E-state index contributed by atoms with van der Waals surface area (Å²) in [5.74, 6) is -3.55. The van der Waals surface area contributed by atoms with Gasteiger partial charge in [-0.15, -0.1) is 13.2 Å². The van der Waals surface area contributed by atoms with Crippen molar-refractivity contribution in [3.05, 3.63) is 53.3 Å². The van der Waals surface area contributed by atoms with Crippen LogP contribution in [-0.4, -0.2) is 15.2 Å². The van der Waals surface area contributed by atoms with E-state index in [1.165, 1.54) is 62.4 Å². The molecular weight excluding hydrogens is 458 g/mol. The molecule has 1 aliphatic rings. The summed E-state index contributed by atoms with van der Waals surface area (Å²) in [6, 6.07) is 8.87. The molecule has 0 aliphatic carbocycles. The van der Waals surface area contributed by atoms with Crippen LogP contribution in [0, 0.1) is 23.4 Å². The number of halogens is 6. The summed E-state index contributed by atoms with van der Waals surface area (Å²) in [6.45, 7) is 2.22. The Labute approximate surface area is 192 Å². The van der Waals surface area contributed by atoms with E-state index in [-0.39, 0.29) is 14.4 Å². The fourth-order valence-electron chi connectivity index (χ4n) is 4.53. The molecule has 0 atom stereocenters. The zero-order valence-electron chi connectivity index (χ0n) is 18.7. The lowest BCUT2D eigenvalue weighted by molar-refractivity contribution is -0.275. The van der Waals surface area contributed by atoms with Crippen LogP contribution in [0.25, 0.3) is 11.1 Å². The third kappa shape index (κ3) is 7.52. The molecule has 8 heteroatoms. The average molecular weight is 488 g/mol. The smallest absolute Gasteiger partial charge is 0.403 e. The number of hydrogen-bond acceptors (Lipinski definition) is 1. The van der Waals surface area contributed by atoms with Gasteiger partial charge >= 0.3 is 6.36 Å². The van der Waals surface area contributed by atoms with E-state index >= 15 is 0 Å². The minimum Gasteiger partial charge on any atom is -0.403 e. The van der Waals surface area contributed by atoms with E-state index < -0.39 is 35.1 Å². The molecule has 2 aromatic carbocycles. The SMILES string of the molecule is CCCCC[Si]1CCC(CCc2cc(F)c(-c3ccc(OC(F)(F)F)c(F)c3)c(F)c2)CC1. The lowest BCUT2D eigenvalue weighted by atomic mass is 9.93. The van der Waals surface area contributed by atoms with Crippen LogP contribution in [0.1, 0.15) is 51.0 Å². The molecule has 3 rings (SSSR count). The first-order chi connectivity index (χ1) is 15.7. The number of alkyl halides is 3. The highest BCUT2D eigenvalue weighted by Crippen LogP contribution is 2.34. The molecule has 1 radical (unpaired) electrons. The number of hydrogen-bond donors (Lipinski definition) is 0. The van der Waals surface area contributed by atoms with Crippen LogP contribution in [0.15, 0.2) is 30.3 Å². The topological polar surface area (TPSA) is 9.23 Å². The van der Waals surface area contributed by atoms with Crippen LogP contribution in [0.4, 0.5) is 26.3 Å². The van der Waals surface area contributed by atoms with Crippen LogP contribution >= 0.6 is 0 Å². The largest absolute Gasteiger partial charge is 0.573 e. The molecule has 0 unspecified atom stereocenters. The van der Waals surface area contributed by atoms with Gasteiger partial charge in [0.15, 0.2) is 11.6 Å². The van der Waals surface area contributed by atoms with Gasteiger partial charge in [0.1, 0.15) is 11.6 Å². The van der Waals surface area contributed by atoms with E-state index in [0.29, 0.717) is 30.0 Å². The Morgan fingerprint density at radius 2 is 1.61 bits per heavy atom. The molecular formula is C25H29F6OSi. The molecule has 0 bridgehead atoms. The zero-order valence-corrected chi connectivity index (χ0v) is 19.7. The summed E-state index contributed by atoms with van der Waals surface area (Å²) in [6.07, 6.45) is 2.64. The second-order valence-corrected chi connectivity index (χ2v) is 11.8. The summed E-state index contributed by atoms with van der Waals surface area (Å²) >= 11 is 0. The van der Waals surface area contributed by atoms with Crippen LogP contribution in [0.3, 0.4) is 0 Å². The fourth-order valence-corrected chi connectivity index (χ4v) is 7.66. The molecule has 1 fully saturated rings. The van der Waals surface area contributed by atoms with Crippen LogP contribution in [0.2, 0.25) is 18.1 Å². The third-order valence-corrected chi connectivity index (χ3v) is 9.39. The normalized spacial score (nSPS) is 15.7. The summed E-state index contributed by atoms with van der Waals surface area (Å²) in [4.78, 5) is 0. The standard InChI is InChI=1S/C25H29F6OSi/c1-2-3-4-11-33-12-9-17(10-13-33)5-6-18-14-21(27)24(22(28)15-18)19-7-8-23(20(26)16-19)32-25(29,30)31/h7-8,14-17H,2-6,9-13H2,1H3. The average Bonchev–Trinajstić information content (AvgIpc) is 2.74. The fraction of sp³-hybridized carbons (Fsp3) is 0.520. The number of benzene rings is 2. The van der Waals surface area contributed by atoms with E-state index in [9.17, 15) is 26.3 Å². The van der Waals surface area contributed by atoms with Crippen LogP contribution in [0.5, 0.6) is 5.75 Å². The van der Waals surface area contributed by atoms with E-state index in [1.54, 1.807) is 0 Å². The highest BCUT2D eigenvalue weighted by molar-refractivity contribution is 6.58. The Balaban J connectivity index is 1.60. The maximum atomic E-state index is 14.7. The highest BCUT2D eigenvalue weighted by atomic mass is 28.3. The van der Waals surface area contributed by atoms with Gasteiger partial charge in [-0.05, 0) is 54.2 Å². The Morgan fingerprint density at radius 3 is 2.18 bits per heavy atom.